The summed E-state index contributed by atoms with van der Waals surface area (Å²) < 4.78 is 1.79. The smallest absolute Gasteiger partial charge is 0.245 e. The first kappa shape index (κ1) is 23.1. The van der Waals surface area contributed by atoms with Gasteiger partial charge < -0.3 is 10.2 Å². The molecule has 4 fully saturated rings. The highest BCUT2D eigenvalue weighted by atomic mass is 16.2. The molecule has 0 atom stereocenters. The molecule has 6 rings (SSSR count). The Morgan fingerprint density at radius 2 is 1.62 bits per heavy atom. The molecule has 34 heavy (non-hydrogen) atoms. The Morgan fingerprint density at radius 1 is 1.06 bits per heavy atom. The van der Waals surface area contributed by atoms with Crippen molar-refractivity contribution in [2.45, 2.75) is 71.6 Å². The molecule has 2 amide bonds. The van der Waals surface area contributed by atoms with Crippen molar-refractivity contribution < 1.29 is 9.59 Å². The van der Waals surface area contributed by atoms with Gasteiger partial charge in [-0.1, -0.05) is 38.5 Å². The number of nitrogens with one attached hydrogen (secondary N) is 1. The monoisotopic (exact) mass is 462 g/mol. The fourth-order valence-corrected chi connectivity index (χ4v) is 6.97. The SMILES string of the molecule is Cc1ccc(-n2nc(C(C)(C)C)cc2NC(=O)CN(C)C(=O)C23CC4CC(CC(C4)C2)C3)cc1. The number of hydrogen-bond acceptors (Lipinski definition) is 3. The first-order chi connectivity index (χ1) is 16.0. The second-order valence-electron chi connectivity index (χ2n) is 12.3. The molecule has 0 saturated heterocycles. The largest absolute Gasteiger partial charge is 0.336 e. The first-order valence-electron chi connectivity index (χ1n) is 12.8. The number of rotatable bonds is 5. The van der Waals surface area contributed by atoms with Crippen molar-refractivity contribution in [2.24, 2.45) is 23.2 Å². The molecule has 2 aromatic rings. The van der Waals surface area contributed by atoms with Gasteiger partial charge in [0.25, 0.3) is 0 Å². The van der Waals surface area contributed by atoms with Crippen LogP contribution in [0.15, 0.2) is 30.3 Å². The zero-order valence-electron chi connectivity index (χ0n) is 21.2. The summed E-state index contributed by atoms with van der Waals surface area (Å²) in [7, 11) is 1.79. The molecule has 6 heteroatoms. The third kappa shape index (κ3) is 4.27. The summed E-state index contributed by atoms with van der Waals surface area (Å²) >= 11 is 0. The van der Waals surface area contributed by atoms with Crippen LogP contribution >= 0.6 is 0 Å². The molecule has 1 heterocycles. The number of likely N-dealkylation sites (N-methyl/N-ethyl adjacent to an activating group) is 1. The van der Waals surface area contributed by atoms with Crippen LogP contribution in [0.25, 0.3) is 5.69 Å². The van der Waals surface area contributed by atoms with Crippen LogP contribution in [0.4, 0.5) is 5.82 Å². The lowest BCUT2D eigenvalue weighted by molar-refractivity contribution is -0.157. The van der Waals surface area contributed by atoms with E-state index in [1.807, 2.05) is 37.3 Å². The minimum Gasteiger partial charge on any atom is -0.336 e. The van der Waals surface area contributed by atoms with Gasteiger partial charge in [-0.25, -0.2) is 4.68 Å². The Bertz CT molecular complexity index is 1060. The number of carbonyl (C=O) groups is 2. The Kier molecular flexibility index (Phi) is 5.61. The van der Waals surface area contributed by atoms with Gasteiger partial charge >= 0.3 is 0 Å². The molecule has 0 spiro atoms. The molecule has 1 aromatic heterocycles. The van der Waals surface area contributed by atoms with Crippen LogP contribution < -0.4 is 5.32 Å². The lowest BCUT2D eigenvalue weighted by atomic mass is 9.49. The van der Waals surface area contributed by atoms with E-state index in [1.165, 1.54) is 24.8 Å². The molecule has 4 bridgehead atoms. The summed E-state index contributed by atoms with van der Waals surface area (Å²) in [5.74, 6) is 2.74. The van der Waals surface area contributed by atoms with E-state index < -0.39 is 0 Å². The fourth-order valence-electron chi connectivity index (χ4n) is 6.97. The van der Waals surface area contributed by atoms with Crippen LogP contribution in [-0.2, 0) is 15.0 Å². The summed E-state index contributed by atoms with van der Waals surface area (Å²) in [6.45, 7) is 8.44. The van der Waals surface area contributed by atoms with Crippen molar-refractivity contribution in [3.05, 3.63) is 41.6 Å². The molecular formula is C28H38N4O2. The van der Waals surface area contributed by atoms with Crippen LogP contribution in [0, 0.1) is 30.1 Å². The molecule has 182 valence electrons. The fraction of sp³-hybridized carbons (Fsp3) is 0.607. The van der Waals surface area contributed by atoms with Crippen molar-refractivity contribution in [2.75, 3.05) is 18.9 Å². The van der Waals surface area contributed by atoms with Gasteiger partial charge in [0.1, 0.15) is 5.82 Å². The van der Waals surface area contributed by atoms with Crippen LogP contribution in [-0.4, -0.2) is 40.1 Å². The average Bonchev–Trinajstić information content (AvgIpc) is 3.16. The number of benzene rings is 1. The van der Waals surface area contributed by atoms with E-state index in [2.05, 4.69) is 26.1 Å². The number of anilines is 1. The summed E-state index contributed by atoms with van der Waals surface area (Å²) in [6.07, 6.45) is 6.94. The maximum absolute atomic E-state index is 13.6. The van der Waals surface area contributed by atoms with Crippen molar-refractivity contribution in [3.8, 4) is 5.69 Å². The molecule has 0 aliphatic heterocycles. The highest BCUT2D eigenvalue weighted by Crippen LogP contribution is 2.60. The second kappa shape index (κ2) is 8.24. The average molecular weight is 463 g/mol. The Labute approximate surface area is 203 Å². The van der Waals surface area contributed by atoms with Gasteiger partial charge in [-0.05, 0) is 75.3 Å². The van der Waals surface area contributed by atoms with Crippen LogP contribution in [0.3, 0.4) is 0 Å². The summed E-state index contributed by atoms with van der Waals surface area (Å²) in [5.41, 5.74) is 2.59. The minimum atomic E-state index is -0.229. The molecule has 1 aromatic carbocycles. The molecular weight excluding hydrogens is 424 g/mol. The predicted molar refractivity (Wildman–Crippen MR) is 134 cm³/mol. The van der Waals surface area contributed by atoms with Crippen molar-refractivity contribution in [1.82, 2.24) is 14.7 Å². The minimum absolute atomic E-state index is 0.0600. The van der Waals surface area contributed by atoms with E-state index in [0.29, 0.717) is 23.6 Å². The van der Waals surface area contributed by atoms with E-state index in [9.17, 15) is 9.59 Å². The Balaban J connectivity index is 1.32. The van der Waals surface area contributed by atoms with E-state index in [0.717, 1.165) is 30.6 Å². The zero-order valence-corrected chi connectivity index (χ0v) is 21.2. The summed E-state index contributed by atoms with van der Waals surface area (Å²) in [4.78, 5) is 28.3. The highest BCUT2D eigenvalue weighted by molar-refractivity contribution is 5.95. The van der Waals surface area contributed by atoms with Gasteiger partial charge in [0, 0.05) is 18.5 Å². The van der Waals surface area contributed by atoms with Gasteiger partial charge in [0.05, 0.1) is 23.3 Å². The number of carbonyl (C=O) groups excluding carboxylic acids is 2. The van der Waals surface area contributed by atoms with Crippen LogP contribution in [0.2, 0.25) is 0 Å². The van der Waals surface area contributed by atoms with Gasteiger partial charge in [-0.15, -0.1) is 0 Å². The van der Waals surface area contributed by atoms with E-state index >= 15 is 0 Å². The summed E-state index contributed by atoms with van der Waals surface area (Å²) in [5, 5.41) is 7.84. The topological polar surface area (TPSA) is 67.2 Å². The predicted octanol–water partition coefficient (Wildman–Crippen LogP) is 5.09. The summed E-state index contributed by atoms with van der Waals surface area (Å²) in [6, 6.07) is 10.0. The van der Waals surface area contributed by atoms with Gasteiger partial charge in [0.15, 0.2) is 0 Å². The molecule has 6 nitrogen and oxygen atoms in total. The zero-order chi connectivity index (χ0) is 24.3. The molecule has 4 saturated carbocycles. The van der Waals surface area contributed by atoms with Crippen molar-refractivity contribution in [1.29, 1.82) is 0 Å². The van der Waals surface area contributed by atoms with Crippen molar-refractivity contribution in [3.63, 3.8) is 0 Å². The lowest BCUT2D eigenvalue weighted by Gasteiger charge is -2.56. The quantitative estimate of drug-likeness (QED) is 0.673. The molecule has 1 N–H and O–H groups in total. The van der Waals surface area contributed by atoms with Gasteiger partial charge in [-0.2, -0.15) is 5.10 Å². The van der Waals surface area contributed by atoms with E-state index in [-0.39, 0.29) is 29.2 Å². The lowest BCUT2D eigenvalue weighted by Crippen LogP contribution is -2.54. The molecule has 0 unspecified atom stereocenters. The molecule has 4 aliphatic carbocycles. The first-order valence-corrected chi connectivity index (χ1v) is 12.8. The Hall–Kier alpha value is -2.63. The Morgan fingerprint density at radius 3 is 2.15 bits per heavy atom. The third-order valence-electron chi connectivity index (χ3n) is 8.24. The number of amides is 2. The second-order valence-corrected chi connectivity index (χ2v) is 12.3. The standard InChI is InChI=1S/C28H38N4O2/c1-18-6-8-22(9-7-18)32-24(13-23(30-32)27(2,3)4)29-25(33)17-31(5)26(34)28-14-19-10-20(15-28)12-21(11-19)16-28/h6-9,13,19-21H,10-12,14-17H2,1-5H3,(H,29,33). The van der Waals surface area contributed by atoms with Crippen molar-refractivity contribution >= 4 is 17.6 Å². The number of aromatic nitrogens is 2. The normalized spacial score (nSPS) is 27.6. The number of aryl methyl sites for hydroxylation is 1. The number of nitrogens with zero attached hydrogens (tertiary/aromatic N) is 3. The molecule has 0 radical (unpaired) electrons. The van der Waals surface area contributed by atoms with Gasteiger partial charge in [0.2, 0.25) is 11.8 Å². The van der Waals surface area contributed by atoms with E-state index in [1.54, 1.807) is 16.6 Å². The molecule has 4 aliphatic rings. The third-order valence-corrected chi connectivity index (χ3v) is 8.24. The highest BCUT2D eigenvalue weighted by Gasteiger charge is 2.55. The number of hydrogen-bond donors (Lipinski definition) is 1. The maximum Gasteiger partial charge on any atom is 0.245 e. The van der Waals surface area contributed by atoms with Crippen LogP contribution in [0.1, 0.15) is 70.6 Å². The van der Waals surface area contributed by atoms with E-state index in [4.69, 9.17) is 5.10 Å². The van der Waals surface area contributed by atoms with Crippen LogP contribution in [0.5, 0.6) is 0 Å². The maximum atomic E-state index is 13.6. The van der Waals surface area contributed by atoms with Gasteiger partial charge in [-0.3, -0.25) is 9.59 Å².